The van der Waals surface area contributed by atoms with E-state index in [-0.39, 0.29) is 27.6 Å². The van der Waals surface area contributed by atoms with Crippen LogP contribution in [0.25, 0.3) is 0 Å². The molecular weight excluding hydrogens is 356 g/mol. The molecule has 0 bridgehead atoms. The molecule has 0 fully saturated rings. The third-order valence-electron chi connectivity index (χ3n) is 3.72. The number of aromatic nitrogens is 3. The molecule has 0 atom stereocenters. The van der Waals surface area contributed by atoms with Crippen LogP contribution in [0.2, 0.25) is 0 Å². The number of amides is 1. The Labute approximate surface area is 153 Å². The summed E-state index contributed by atoms with van der Waals surface area (Å²) in [4.78, 5) is 12.8. The van der Waals surface area contributed by atoms with Gasteiger partial charge in [-0.15, -0.1) is 6.42 Å². The first-order valence-electron chi connectivity index (χ1n) is 7.91. The van der Waals surface area contributed by atoms with Crippen LogP contribution in [0.1, 0.15) is 48.4 Å². The lowest BCUT2D eigenvalue weighted by molar-refractivity contribution is 0.0866. The van der Waals surface area contributed by atoms with Gasteiger partial charge in [-0.05, 0) is 47.6 Å². The van der Waals surface area contributed by atoms with E-state index in [1.165, 1.54) is 13.8 Å². The van der Waals surface area contributed by atoms with E-state index in [4.69, 9.17) is 10.9 Å². The highest BCUT2D eigenvalue weighted by atomic mass is 32.2. The smallest absolute Gasteiger partial charge is 0.289 e. The van der Waals surface area contributed by atoms with Crippen LogP contribution in [0, 0.1) is 33.1 Å². The maximum atomic E-state index is 13.0. The molecule has 26 heavy (non-hydrogen) atoms. The first-order chi connectivity index (χ1) is 11.9. The molecule has 140 valence electrons. The quantitative estimate of drug-likeness (QED) is 0.755. The average molecular weight is 378 g/mol. The average Bonchev–Trinajstić information content (AvgIpc) is 3.06. The van der Waals surface area contributed by atoms with Gasteiger partial charge < -0.3 is 4.52 Å². The second-order valence-corrected chi connectivity index (χ2v) is 8.73. The van der Waals surface area contributed by atoms with Gasteiger partial charge in [-0.3, -0.25) is 9.48 Å². The number of carbonyl (C=O) groups is 1. The van der Waals surface area contributed by atoms with Gasteiger partial charge in [0.05, 0.1) is 12.1 Å². The van der Waals surface area contributed by atoms with Gasteiger partial charge in [-0.1, -0.05) is 11.1 Å². The van der Waals surface area contributed by atoms with Crippen molar-refractivity contribution in [2.45, 2.75) is 52.0 Å². The minimum absolute atomic E-state index is 0.00279. The Morgan fingerprint density at radius 3 is 2.38 bits per heavy atom. The summed E-state index contributed by atoms with van der Waals surface area (Å²) in [6, 6.07) is 1.54. The molecule has 0 N–H and O–H groups in total. The third-order valence-corrected chi connectivity index (χ3v) is 5.69. The molecule has 2 aromatic heterocycles. The monoisotopic (exact) mass is 378 g/mol. The number of nitrogens with zero attached hydrogens (tertiary/aromatic N) is 4. The summed E-state index contributed by atoms with van der Waals surface area (Å²) in [6.07, 6.45) is 5.30. The van der Waals surface area contributed by atoms with E-state index in [9.17, 15) is 13.2 Å². The summed E-state index contributed by atoms with van der Waals surface area (Å²) in [6.45, 7) is 10.1. The Kier molecular flexibility index (Phi) is 5.01. The van der Waals surface area contributed by atoms with Crippen LogP contribution in [-0.2, 0) is 15.6 Å². The predicted octanol–water partition coefficient (Wildman–Crippen LogP) is 2.02. The molecule has 1 amide bonds. The van der Waals surface area contributed by atoms with Crippen molar-refractivity contribution in [2.24, 2.45) is 0 Å². The van der Waals surface area contributed by atoms with Gasteiger partial charge in [0.1, 0.15) is 5.69 Å². The molecule has 0 aliphatic rings. The number of rotatable bonds is 4. The van der Waals surface area contributed by atoms with Gasteiger partial charge in [0.15, 0.2) is 16.3 Å². The number of terminal acetylenes is 1. The van der Waals surface area contributed by atoms with Crippen LogP contribution >= 0.6 is 0 Å². The van der Waals surface area contributed by atoms with Crippen molar-refractivity contribution in [3.63, 3.8) is 0 Å². The van der Waals surface area contributed by atoms with Gasteiger partial charge in [0.2, 0.25) is 0 Å². The van der Waals surface area contributed by atoms with Crippen molar-refractivity contribution in [3.05, 3.63) is 28.9 Å². The second kappa shape index (κ2) is 6.61. The molecule has 0 radical (unpaired) electrons. The summed E-state index contributed by atoms with van der Waals surface area (Å²) in [7, 11) is -4.23. The van der Waals surface area contributed by atoms with Crippen LogP contribution in [0.5, 0.6) is 0 Å². The van der Waals surface area contributed by atoms with Gasteiger partial charge >= 0.3 is 0 Å². The fraction of sp³-hybridized carbons (Fsp3) is 0.471. The lowest BCUT2D eigenvalue weighted by atomic mass is 10.1. The zero-order chi connectivity index (χ0) is 19.9. The van der Waals surface area contributed by atoms with Crippen molar-refractivity contribution in [2.75, 3.05) is 6.54 Å². The Morgan fingerprint density at radius 2 is 1.96 bits per heavy atom. The molecule has 0 unspecified atom stereocenters. The molecule has 0 saturated heterocycles. The number of carbonyl (C=O) groups excluding carboxylic acids is 1. The molecular formula is C17H22N4O4S. The van der Waals surface area contributed by atoms with E-state index in [1.54, 1.807) is 17.7 Å². The van der Waals surface area contributed by atoms with Crippen molar-refractivity contribution >= 4 is 15.9 Å². The molecule has 9 heteroatoms. The van der Waals surface area contributed by atoms with Crippen LogP contribution in [0.4, 0.5) is 0 Å². The Bertz CT molecular complexity index is 968. The van der Waals surface area contributed by atoms with Crippen molar-refractivity contribution in [1.29, 1.82) is 0 Å². The van der Waals surface area contributed by atoms with Gasteiger partial charge in [0.25, 0.3) is 15.9 Å². The zero-order valence-electron chi connectivity index (χ0n) is 15.7. The largest absolute Gasteiger partial charge is 0.360 e. The molecule has 2 heterocycles. The first kappa shape index (κ1) is 19.7. The van der Waals surface area contributed by atoms with Crippen molar-refractivity contribution in [1.82, 2.24) is 19.2 Å². The van der Waals surface area contributed by atoms with Crippen LogP contribution in [0.3, 0.4) is 0 Å². The SMILES string of the molecule is C#CCN(C(=O)c1cc(C)n(C(C)(C)C)n1)S(=O)(=O)c1c(C)noc1C. The maximum absolute atomic E-state index is 13.0. The van der Waals surface area contributed by atoms with Gasteiger partial charge in [-0.2, -0.15) is 5.10 Å². The maximum Gasteiger partial charge on any atom is 0.289 e. The minimum Gasteiger partial charge on any atom is -0.360 e. The highest BCUT2D eigenvalue weighted by Crippen LogP contribution is 2.25. The van der Waals surface area contributed by atoms with E-state index in [1.807, 2.05) is 20.8 Å². The topological polar surface area (TPSA) is 98.3 Å². The summed E-state index contributed by atoms with van der Waals surface area (Å²) in [5.74, 6) is 1.51. The Balaban J connectivity index is 2.55. The van der Waals surface area contributed by atoms with E-state index in [0.717, 1.165) is 5.69 Å². The standard InChI is InChI=1S/C17H22N4O4S/c1-8-9-20(26(23,24)15-12(3)19-25-13(15)4)16(22)14-10-11(2)21(18-14)17(5,6)7/h1,10H,9H2,2-7H3. The van der Waals surface area contributed by atoms with Crippen molar-refractivity contribution in [3.8, 4) is 12.3 Å². The van der Waals surface area contributed by atoms with Crippen LogP contribution in [-0.4, -0.2) is 40.1 Å². The lowest BCUT2D eigenvalue weighted by Gasteiger charge is -2.21. The zero-order valence-corrected chi connectivity index (χ0v) is 16.5. The summed E-state index contributed by atoms with van der Waals surface area (Å²) in [5, 5.41) is 7.92. The van der Waals surface area contributed by atoms with E-state index >= 15 is 0 Å². The molecule has 2 rings (SSSR count). The van der Waals surface area contributed by atoms with E-state index < -0.39 is 22.5 Å². The summed E-state index contributed by atoms with van der Waals surface area (Å²) >= 11 is 0. The molecule has 0 spiro atoms. The van der Waals surface area contributed by atoms with Crippen LogP contribution in [0.15, 0.2) is 15.5 Å². The van der Waals surface area contributed by atoms with Crippen LogP contribution < -0.4 is 0 Å². The first-order valence-corrected chi connectivity index (χ1v) is 9.35. The summed E-state index contributed by atoms with van der Waals surface area (Å²) < 4.78 is 33.2. The predicted molar refractivity (Wildman–Crippen MR) is 95.0 cm³/mol. The number of hydrogen-bond acceptors (Lipinski definition) is 6. The fourth-order valence-electron chi connectivity index (χ4n) is 2.69. The highest BCUT2D eigenvalue weighted by Gasteiger charge is 2.36. The Morgan fingerprint density at radius 1 is 1.35 bits per heavy atom. The lowest BCUT2D eigenvalue weighted by Crippen LogP contribution is -2.38. The molecule has 0 saturated carbocycles. The molecule has 0 aromatic carbocycles. The number of aryl methyl sites for hydroxylation is 3. The minimum atomic E-state index is -4.23. The second-order valence-electron chi connectivity index (χ2n) is 6.93. The van der Waals surface area contributed by atoms with E-state index in [0.29, 0.717) is 4.31 Å². The van der Waals surface area contributed by atoms with Gasteiger partial charge in [0, 0.05) is 5.69 Å². The van der Waals surface area contributed by atoms with E-state index in [2.05, 4.69) is 16.2 Å². The normalized spacial score (nSPS) is 12.0. The molecule has 0 aliphatic heterocycles. The fourth-order valence-corrected chi connectivity index (χ4v) is 4.28. The summed E-state index contributed by atoms with van der Waals surface area (Å²) in [5.41, 5.74) is 0.535. The highest BCUT2D eigenvalue weighted by molar-refractivity contribution is 7.89. The molecule has 2 aromatic rings. The third kappa shape index (κ3) is 3.37. The molecule has 0 aliphatic carbocycles. The molecule has 8 nitrogen and oxygen atoms in total. The Hall–Kier alpha value is -2.60. The van der Waals surface area contributed by atoms with Crippen molar-refractivity contribution < 1.29 is 17.7 Å². The number of sulfonamides is 1. The number of hydrogen-bond donors (Lipinski definition) is 0. The van der Waals surface area contributed by atoms with Gasteiger partial charge in [-0.25, -0.2) is 12.7 Å².